The Labute approximate surface area is 125 Å². The van der Waals surface area contributed by atoms with Crippen molar-refractivity contribution >= 4 is 11.9 Å². The second kappa shape index (κ2) is 7.22. The summed E-state index contributed by atoms with van der Waals surface area (Å²) in [6.07, 6.45) is 3.03. The largest absolute Gasteiger partial charge is 0.469 e. The molecule has 1 aliphatic rings. The zero-order valence-electron chi connectivity index (χ0n) is 12.3. The van der Waals surface area contributed by atoms with E-state index >= 15 is 0 Å². The van der Waals surface area contributed by atoms with Gasteiger partial charge >= 0.3 is 5.97 Å². The van der Waals surface area contributed by atoms with Crippen LogP contribution in [-0.4, -0.2) is 36.5 Å². The maximum absolute atomic E-state index is 12.6. The Bertz CT molecular complexity index is 490. The second-order valence-corrected chi connectivity index (χ2v) is 5.35. The number of hydrogen-bond acceptors (Lipinski definition) is 4. The summed E-state index contributed by atoms with van der Waals surface area (Å²) >= 11 is 0. The highest BCUT2D eigenvalue weighted by molar-refractivity contribution is 5.84. The minimum atomic E-state index is -0.676. The number of methoxy groups -OCH3 is 1. The van der Waals surface area contributed by atoms with Crippen LogP contribution in [0.2, 0.25) is 0 Å². The standard InChI is InChI=1S/C16H22N2O3/c1-21-14(19)11-13-9-5-6-10-18(13)16(20)15(17)12-7-3-2-4-8-12/h2-4,7-8,13,15H,5-6,9-11,17H2,1H3/t13?,15-/m1/s1. The van der Waals surface area contributed by atoms with Gasteiger partial charge in [-0.1, -0.05) is 30.3 Å². The Kier molecular flexibility index (Phi) is 5.33. The molecular formula is C16H22N2O3. The number of nitrogens with two attached hydrogens (primary N) is 1. The van der Waals surface area contributed by atoms with Crippen LogP contribution in [-0.2, 0) is 14.3 Å². The van der Waals surface area contributed by atoms with Gasteiger partial charge in [0.2, 0.25) is 5.91 Å². The summed E-state index contributed by atoms with van der Waals surface area (Å²) in [5, 5.41) is 0. The molecule has 0 bridgehead atoms. The molecule has 1 heterocycles. The van der Waals surface area contributed by atoms with Crippen LogP contribution in [0, 0.1) is 0 Å². The SMILES string of the molecule is COC(=O)CC1CCCCN1C(=O)[C@H](N)c1ccccc1. The van der Waals surface area contributed by atoms with Crippen LogP contribution < -0.4 is 5.73 Å². The normalized spacial score (nSPS) is 19.9. The fourth-order valence-corrected chi connectivity index (χ4v) is 2.76. The average molecular weight is 290 g/mol. The molecule has 2 rings (SSSR count). The van der Waals surface area contributed by atoms with Crippen molar-refractivity contribution in [1.82, 2.24) is 4.90 Å². The van der Waals surface area contributed by atoms with Crippen LogP contribution in [0.5, 0.6) is 0 Å². The number of carbonyl (C=O) groups is 2. The molecule has 0 radical (unpaired) electrons. The van der Waals surface area contributed by atoms with Crippen molar-refractivity contribution in [2.45, 2.75) is 37.8 Å². The minimum Gasteiger partial charge on any atom is -0.469 e. The number of hydrogen-bond donors (Lipinski definition) is 1. The first kappa shape index (κ1) is 15.5. The van der Waals surface area contributed by atoms with Gasteiger partial charge in [-0.05, 0) is 24.8 Å². The van der Waals surface area contributed by atoms with E-state index in [9.17, 15) is 9.59 Å². The topological polar surface area (TPSA) is 72.6 Å². The van der Waals surface area contributed by atoms with E-state index in [0.29, 0.717) is 6.54 Å². The van der Waals surface area contributed by atoms with Gasteiger partial charge in [-0.15, -0.1) is 0 Å². The fourth-order valence-electron chi connectivity index (χ4n) is 2.76. The third-order valence-corrected chi connectivity index (χ3v) is 3.96. The average Bonchev–Trinajstić information content (AvgIpc) is 2.54. The molecule has 1 unspecified atom stereocenters. The molecule has 0 aromatic heterocycles. The van der Waals surface area contributed by atoms with Crippen molar-refractivity contribution in [2.75, 3.05) is 13.7 Å². The second-order valence-electron chi connectivity index (χ2n) is 5.35. The van der Waals surface area contributed by atoms with Crippen LogP contribution in [0.4, 0.5) is 0 Å². The van der Waals surface area contributed by atoms with Gasteiger partial charge in [0.05, 0.1) is 13.5 Å². The molecule has 2 N–H and O–H groups in total. The van der Waals surface area contributed by atoms with Gasteiger partial charge in [0.15, 0.2) is 0 Å². The van der Waals surface area contributed by atoms with Crippen molar-refractivity contribution in [2.24, 2.45) is 5.73 Å². The van der Waals surface area contributed by atoms with E-state index < -0.39 is 6.04 Å². The lowest BCUT2D eigenvalue weighted by Crippen LogP contribution is -2.48. The molecule has 21 heavy (non-hydrogen) atoms. The number of likely N-dealkylation sites (tertiary alicyclic amines) is 1. The molecule has 1 fully saturated rings. The van der Waals surface area contributed by atoms with Crippen molar-refractivity contribution in [3.63, 3.8) is 0 Å². The summed E-state index contributed by atoms with van der Waals surface area (Å²) in [5.41, 5.74) is 6.88. The minimum absolute atomic E-state index is 0.103. The van der Waals surface area contributed by atoms with Gasteiger partial charge in [0.1, 0.15) is 6.04 Å². The first-order chi connectivity index (χ1) is 10.1. The van der Waals surface area contributed by atoms with Crippen molar-refractivity contribution in [3.8, 4) is 0 Å². The molecule has 0 aliphatic carbocycles. The van der Waals surface area contributed by atoms with Gasteiger partial charge in [-0.3, -0.25) is 9.59 Å². The molecule has 1 saturated heterocycles. The van der Waals surface area contributed by atoms with E-state index in [1.54, 1.807) is 4.90 Å². The monoisotopic (exact) mass is 290 g/mol. The Balaban J connectivity index is 2.09. The maximum Gasteiger partial charge on any atom is 0.307 e. The molecule has 0 saturated carbocycles. The Morgan fingerprint density at radius 2 is 2.05 bits per heavy atom. The summed E-state index contributed by atoms with van der Waals surface area (Å²) in [6.45, 7) is 0.654. The van der Waals surface area contributed by atoms with E-state index in [2.05, 4.69) is 0 Å². The Morgan fingerprint density at radius 3 is 2.71 bits per heavy atom. The van der Waals surface area contributed by atoms with Crippen molar-refractivity contribution in [1.29, 1.82) is 0 Å². The van der Waals surface area contributed by atoms with E-state index in [-0.39, 0.29) is 24.3 Å². The number of esters is 1. The van der Waals surface area contributed by atoms with E-state index in [1.807, 2.05) is 30.3 Å². The van der Waals surface area contributed by atoms with Crippen molar-refractivity contribution < 1.29 is 14.3 Å². The maximum atomic E-state index is 12.6. The number of nitrogens with zero attached hydrogens (tertiary/aromatic N) is 1. The zero-order chi connectivity index (χ0) is 15.2. The van der Waals surface area contributed by atoms with Gasteiger partial charge < -0.3 is 15.4 Å². The predicted molar refractivity (Wildman–Crippen MR) is 79.4 cm³/mol. The van der Waals surface area contributed by atoms with E-state index in [1.165, 1.54) is 7.11 Å². The highest BCUT2D eigenvalue weighted by atomic mass is 16.5. The first-order valence-electron chi connectivity index (χ1n) is 7.31. The highest BCUT2D eigenvalue weighted by Crippen LogP contribution is 2.23. The van der Waals surface area contributed by atoms with Crippen molar-refractivity contribution in [3.05, 3.63) is 35.9 Å². The van der Waals surface area contributed by atoms with E-state index in [4.69, 9.17) is 10.5 Å². The number of rotatable bonds is 4. The van der Waals surface area contributed by atoms with Gasteiger partial charge in [-0.2, -0.15) is 0 Å². The molecule has 114 valence electrons. The fraction of sp³-hybridized carbons (Fsp3) is 0.500. The molecule has 5 heteroatoms. The first-order valence-corrected chi connectivity index (χ1v) is 7.31. The molecular weight excluding hydrogens is 268 g/mol. The van der Waals surface area contributed by atoms with Gasteiger partial charge in [0.25, 0.3) is 0 Å². The third-order valence-electron chi connectivity index (χ3n) is 3.96. The molecule has 5 nitrogen and oxygen atoms in total. The lowest BCUT2D eigenvalue weighted by atomic mass is 9.97. The van der Waals surface area contributed by atoms with Crippen LogP contribution in [0.3, 0.4) is 0 Å². The Morgan fingerprint density at radius 1 is 1.33 bits per heavy atom. The summed E-state index contributed by atoms with van der Waals surface area (Å²) in [7, 11) is 1.37. The quantitative estimate of drug-likeness (QED) is 0.855. The predicted octanol–water partition coefficient (Wildman–Crippen LogP) is 1.63. The lowest BCUT2D eigenvalue weighted by molar-refractivity contribution is -0.145. The summed E-state index contributed by atoms with van der Waals surface area (Å²) in [4.78, 5) is 25.9. The summed E-state index contributed by atoms with van der Waals surface area (Å²) in [5.74, 6) is -0.400. The molecule has 1 aromatic rings. The van der Waals surface area contributed by atoms with Gasteiger partial charge in [-0.25, -0.2) is 0 Å². The van der Waals surface area contributed by atoms with Gasteiger partial charge in [0, 0.05) is 12.6 Å². The lowest BCUT2D eigenvalue weighted by Gasteiger charge is -2.36. The van der Waals surface area contributed by atoms with Crippen LogP contribution in [0.25, 0.3) is 0 Å². The Hall–Kier alpha value is -1.88. The smallest absolute Gasteiger partial charge is 0.307 e. The number of benzene rings is 1. The number of piperidine rings is 1. The number of amides is 1. The molecule has 1 aromatic carbocycles. The number of carbonyl (C=O) groups excluding carboxylic acids is 2. The van der Waals surface area contributed by atoms with Crippen LogP contribution >= 0.6 is 0 Å². The van der Waals surface area contributed by atoms with Crippen LogP contribution in [0.1, 0.15) is 37.3 Å². The highest BCUT2D eigenvalue weighted by Gasteiger charge is 2.31. The molecule has 1 amide bonds. The molecule has 2 atom stereocenters. The van der Waals surface area contributed by atoms with Crippen LogP contribution in [0.15, 0.2) is 30.3 Å². The molecule has 0 spiro atoms. The third kappa shape index (κ3) is 3.82. The zero-order valence-corrected chi connectivity index (χ0v) is 12.3. The summed E-state index contributed by atoms with van der Waals surface area (Å²) in [6, 6.07) is 8.54. The number of ether oxygens (including phenoxy) is 1. The van der Waals surface area contributed by atoms with E-state index in [0.717, 1.165) is 24.8 Å². The summed E-state index contributed by atoms with van der Waals surface area (Å²) < 4.78 is 4.72. The molecule has 1 aliphatic heterocycles.